The Kier molecular flexibility index (Phi) is 29.2. The molecule has 18 aromatic rings. The number of halogens is 3. The van der Waals surface area contributed by atoms with Crippen LogP contribution in [-0.4, -0.2) is 81.8 Å². The molecule has 29 heteroatoms. The van der Waals surface area contributed by atoms with Gasteiger partial charge in [-0.25, -0.2) is 13.8 Å². The summed E-state index contributed by atoms with van der Waals surface area (Å²) in [6.45, 7) is 28.5. The number of aromatic nitrogens is 17. The average Bonchev–Trinajstić information content (AvgIpc) is 1.68. The maximum atomic E-state index is 14.1. The summed E-state index contributed by atoms with van der Waals surface area (Å²) >= 11 is 4.12. The summed E-state index contributed by atoms with van der Waals surface area (Å²) in [5.41, 5.74) is 17.7. The Morgan fingerprint density at radius 1 is 0.451 bits per heavy atom. The van der Waals surface area contributed by atoms with E-state index in [-0.39, 0.29) is 112 Å². The molecule has 18 rings (SSSR count). The van der Waals surface area contributed by atoms with Gasteiger partial charge >= 0.3 is 5.13 Å². The Bertz CT molecular complexity index is 6360. The van der Waals surface area contributed by atoms with E-state index in [2.05, 4.69) is 195 Å². The number of rotatable bonds is 9. The number of fused-ring (bicyclic) bond motifs is 5. The van der Waals surface area contributed by atoms with E-state index in [1.807, 2.05) is 124 Å². The van der Waals surface area contributed by atoms with Crippen molar-refractivity contribution in [2.24, 2.45) is 21.1 Å². The molecule has 0 spiro atoms. The van der Waals surface area contributed by atoms with Gasteiger partial charge in [0.05, 0.1) is 51.8 Å². The van der Waals surface area contributed by atoms with Gasteiger partial charge in [0.15, 0.2) is 0 Å². The van der Waals surface area contributed by atoms with Crippen molar-refractivity contribution in [3.8, 4) is 74.0 Å². The molecule has 0 atom stereocenters. The molecular weight excluding hydrogens is 2380 g/mol. The van der Waals surface area contributed by atoms with Crippen LogP contribution in [0, 0.1) is 88.4 Å². The molecule has 18 nitrogen and oxygen atoms in total. The summed E-state index contributed by atoms with van der Waals surface area (Å²) in [6.07, 6.45) is 19.8. The second-order valence-corrected chi connectivity index (χ2v) is 30.2. The molecule has 0 unspecified atom stereocenters. The number of benzene rings is 8. The third kappa shape index (κ3) is 18.8. The van der Waals surface area contributed by atoms with Crippen molar-refractivity contribution >= 4 is 91.9 Å². The zero-order chi connectivity index (χ0) is 75.8. The summed E-state index contributed by atoms with van der Waals surface area (Å²) in [4.78, 5) is 47.0. The van der Waals surface area contributed by atoms with Gasteiger partial charge in [-0.1, -0.05) is 62.9 Å². The fourth-order valence-corrected chi connectivity index (χ4v) is 14.9. The standard InChI is InChI=1S/C22H19N4S.C19H17N4.C17H11F2N4.C15H16N3S.C11H7FN3S.5Ir/c1-13(2)17-10-14(3)20(15(4)11-17)26-9-8-24-21(26)16-6-7-18-19(12-16)27-22(23-5)25-18;1-13-6-4-5-7-17(13)23-11-10-20-19(23)15-8-9-18-16(12-15)21-14(2)22(18)3;1-22-10-21-14-9-11(5-6-15(14)22)17-20-7-8-23(17)16-12(18)3-2-4-13(16)19;1-10-17-12-9-11(5-6-13(12)19-10)14-16-7-8-18(14)15(2,3)4;1-15-5-4-13-10(15)7-2-3-9-8(6-7)14-11(12)16-9;;;;;/h7-13H,1-4H3;4-7,9-12H,1-3H3;2-4,6-10H,1H3;6-9H,1-4H3;3-6H,1H3;;;;;/q5*-1;;;;;. The number of para-hydroxylation sites is 2. The minimum Gasteiger partial charge on any atom is -0.373 e. The molecule has 0 amide bonds. The first kappa shape index (κ1) is 87.9. The minimum atomic E-state index is -0.650. The molecule has 10 heterocycles. The predicted octanol–water partition coefficient (Wildman–Crippen LogP) is 20.2. The second-order valence-electron chi connectivity index (χ2n) is 26.9. The van der Waals surface area contributed by atoms with Crippen LogP contribution in [0.3, 0.4) is 0 Å². The molecule has 0 N–H and O–H groups in total. The Morgan fingerprint density at radius 2 is 0.965 bits per heavy atom. The van der Waals surface area contributed by atoms with Crippen LogP contribution < -0.4 is 0 Å². The van der Waals surface area contributed by atoms with Gasteiger partial charge in [-0.15, -0.1) is 135 Å². The smallest absolute Gasteiger partial charge is 0.319 e. The summed E-state index contributed by atoms with van der Waals surface area (Å²) in [5.74, 6) is 4.07. The molecule has 113 heavy (non-hydrogen) atoms. The predicted molar refractivity (Wildman–Crippen MR) is 424 cm³/mol. The molecule has 8 aromatic carbocycles. The summed E-state index contributed by atoms with van der Waals surface area (Å²) in [7, 11) is 5.81. The second kappa shape index (κ2) is 37.5. The average molecular weight is 2450 g/mol. The van der Waals surface area contributed by atoms with Crippen LogP contribution in [0.1, 0.15) is 73.6 Å². The topological polar surface area (TPSA) is 168 Å². The normalized spacial score (nSPS) is 10.9. The van der Waals surface area contributed by atoms with E-state index < -0.39 is 16.9 Å². The first-order valence-electron chi connectivity index (χ1n) is 34.4. The van der Waals surface area contributed by atoms with Crippen LogP contribution in [0.15, 0.2) is 184 Å². The van der Waals surface area contributed by atoms with Gasteiger partial charge in [-0.2, -0.15) is 20.7 Å². The Hall–Kier alpha value is -9.05. The van der Waals surface area contributed by atoms with Crippen molar-refractivity contribution < 1.29 is 114 Å². The monoisotopic (exact) mass is 2450 g/mol. The third-order valence-corrected chi connectivity index (χ3v) is 20.8. The number of hydrogen-bond donors (Lipinski definition) is 0. The van der Waals surface area contributed by atoms with Crippen LogP contribution in [0.2, 0.25) is 0 Å². The van der Waals surface area contributed by atoms with E-state index in [0.717, 1.165) is 122 Å². The van der Waals surface area contributed by atoms with E-state index in [0.29, 0.717) is 28.0 Å². The summed E-state index contributed by atoms with van der Waals surface area (Å²) < 4.78 is 57.6. The molecule has 0 aliphatic rings. The molecule has 0 saturated heterocycles. The molecule has 0 fully saturated rings. The zero-order valence-electron chi connectivity index (χ0n) is 63.0. The van der Waals surface area contributed by atoms with Crippen molar-refractivity contribution in [1.29, 1.82) is 0 Å². The molecule has 5 radical (unpaired) electrons. The number of imidazole rings is 7. The third-order valence-electron chi connectivity index (χ3n) is 18.1. The molecule has 0 aliphatic carbocycles. The first-order valence-corrected chi connectivity index (χ1v) is 36.8. The van der Waals surface area contributed by atoms with E-state index >= 15 is 0 Å². The molecule has 0 saturated carbocycles. The molecule has 585 valence electrons. The molecule has 10 aromatic heterocycles. The summed E-state index contributed by atoms with van der Waals surface area (Å²) in [6, 6.07) is 51.9. The Balaban J connectivity index is 0.000000162. The Morgan fingerprint density at radius 3 is 1.58 bits per heavy atom. The van der Waals surface area contributed by atoms with Gasteiger partial charge in [0.25, 0.3) is 5.26 Å². The van der Waals surface area contributed by atoms with Gasteiger partial charge in [0.1, 0.15) is 17.3 Å². The van der Waals surface area contributed by atoms with Crippen molar-refractivity contribution in [3.05, 3.63) is 275 Å². The number of thiazole rings is 3. The number of hydrogen-bond acceptors (Lipinski definition) is 13. The maximum Gasteiger partial charge on any atom is 0.319 e. The van der Waals surface area contributed by atoms with E-state index in [1.165, 1.54) is 73.5 Å². The summed E-state index contributed by atoms with van der Waals surface area (Å²) in [5, 5.41) is 1.12. The fraction of sp³-hybridized carbons (Fsp3) is 0.179. The van der Waals surface area contributed by atoms with Crippen LogP contribution in [0.25, 0.3) is 132 Å². The molecule has 0 bridgehead atoms. The first-order chi connectivity index (χ1) is 52.0. The van der Waals surface area contributed by atoms with Gasteiger partial charge in [0.2, 0.25) is 0 Å². The van der Waals surface area contributed by atoms with Crippen molar-refractivity contribution in [2.45, 2.75) is 80.7 Å². The van der Waals surface area contributed by atoms with Crippen molar-refractivity contribution in [3.63, 3.8) is 0 Å². The van der Waals surface area contributed by atoms with Crippen molar-refractivity contribution in [2.75, 3.05) is 0 Å². The van der Waals surface area contributed by atoms with Crippen LogP contribution >= 0.6 is 34.0 Å². The zero-order valence-corrected chi connectivity index (χ0v) is 77.4. The molecular formula is C84H70F3Ir5N18S3-5. The quantitative estimate of drug-likeness (QED) is 0.127. The SMILES string of the molecule is Cc1ccccc1-n1ccnc1-c1[c-]cc2c(c1)nc(C)n2C.Cc1nc2cc(-c3nccn3C(C)(C)C)[c-]cc2s1.Cn1ccnc1-c1[c-]cc2sc(F)nc2c1.Cn1cnc2cc(-c3nccn3-c3c(F)cccc3F)[c-]cc21.[C-]#[N+]c1nc2c[c-]c(-c3nccn3-c3c(C)cc(C(C)C)cc3C)cc2s1.[Ir].[Ir].[Ir].[Ir].[Ir]. The van der Waals surface area contributed by atoms with E-state index in [1.54, 1.807) is 48.1 Å². The van der Waals surface area contributed by atoms with Gasteiger partial charge in [0, 0.05) is 217 Å². The van der Waals surface area contributed by atoms with Gasteiger partial charge in [-0.05, 0) is 132 Å². The van der Waals surface area contributed by atoms with Crippen LogP contribution in [0.5, 0.6) is 0 Å². The maximum absolute atomic E-state index is 14.1. The van der Waals surface area contributed by atoms with Crippen LogP contribution in [0.4, 0.5) is 18.3 Å². The van der Waals surface area contributed by atoms with E-state index in [4.69, 9.17) is 6.57 Å². The van der Waals surface area contributed by atoms with Crippen LogP contribution in [-0.2, 0) is 127 Å². The number of aryl methyl sites for hydroxylation is 8. The fourth-order valence-electron chi connectivity index (χ4n) is 12.7. The minimum absolute atomic E-state index is 0. The van der Waals surface area contributed by atoms with Gasteiger partial charge in [-0.3, -0.25) is 39.9 Å². The van der Waals surface area contributed by atoms with E-state index in [9.17, 15) is 13.2 Å². The van der Waals surface area contributed by atoms with Gasteiger partial charge < -0.3 is 36.8 Å². The van der Waals surface area contributed by atoms with Crippen molar-refractivity contribution in [1.82, 2.24) is 81.8 Å². The Labute approximate surface area is 731 Å². The molecule has 0 aliphatic heterocycles. The number of nitrogens with zero attached hydrogens (tertiary/aromatic N) is 18. The largest absolute Gasteiger partial charge is 0.373 e.